The molecule has 1 atom stereocenters. The number of rotatable bonds is 7. The summed E-state index contributed by atoms with van der Waals surface area (Å²) < 4.78 is 6.93. The Bertz CT molecular complexity index is 1190. The van der Waals surface area contributed by atoms with E-state index in [4.69, 9.17) is 4.74 Å². The maximum atomic E-state index is 12.5. The number of hydrogen-bond donors (Lipinski definition) is 2. The smallest absolute Gasteiger partial charge is 0.325 e. The van der Waals surface area contributed by atoms with E-state index in [1.165, 1.54) is 16.8 Å². The number of carboxylic acid groups (broad SMARTS) is 2. The Hall–Kier alpha value is -3.52. The predicted octanol–water partition coefficient (Wildman–Crippen LogP) is 3.30. The number of carboxylic acids is 2. The highest BCUT2D eigenvalue weighted by Crippen LogP contribution is 2.34. The first-order valence-corrected chi connectivity index (χ1v) is 11.0. The maximum Gasteiger partial charge on any atom is 0.325 e. The van der Waals surface area contributed by atoms with Gasteiger partial charge in [-0.25, -0.2) is 0 Å². The Labute approximate surface area is 192 Å². The highest BCUT2D eigenvalue weighted by molar-refractivity contribution is 5.91. The Morgan fingerprint density at radius 3 is 2.36 bits per heavy atom. The molecule has 0 radical (unpaired) electrons. The number of benzene rings is 2. The quantitative estimate of drug-likeness (QED) is 0.569. The normalized spacial score (nSPS) is 15.5. The largest absolute Gasteiger partial charge is 0.497 e. The van der Waals surface area contributed by atoms with Crippen LogP contribution in [0, 0.1) is 13.8 Å². The first kappa shape index (κ1) is 22.7. The third-order valence-corrected chi connectivity index (χ3v) is 6.33. The summed E-state index contributed by atoms with van der Waals surface area (Å²) in [6.45, 7) is 6.52. The molecule has 2 N–H and O–H groups in total. The van der Waals surface area contributed by atoms with E-state index in [1.807, 2.05) is 4.90 Å². The van der Waals surface area contributed by atoms with Crippen molar-refractivity contribution >= 4 is 28.5 Å². The zero-order valence-electron chi connectivity index (χ0n) is 19.1. The van der Waals surface area contributed by atoms with Gasteiger partial charge in [0.2, 0.25) is 0 Å². The average Bonchev–Trinajstić information content (AvgIpc) is 3.11. The van der Waals surface area contributed by atoms with Gasteiger partial charge in [0.25, 0.3) is 0 Å². The van der Waals surface area contributed by atoms with Crippen molar-refractivity contribution in [3.05, 3.63) is 59.3 Å². The summed E-state index contributed by atoms with van der Waals surface area (Å²) in [6, 6.07) is 10.8. The summed E-state index contributed by atoms with van der Waals surface area (Å²) >= 11 is 0. The summed E-state index contributed by atoms with van der Waals surface area (Å²) in [5.41, 5.74) is 4.86. The van der Waals surface area contributed by atoms with E-state index in [9.17, 15) is 19.8 Å². The number of hydrogen-bond acceptors (Lipinski definition) is 5. The first-order valence-electron chi connectivity index (χ1n) is 11.0. The molecule has 1 fully saturated rings. The van der Waals surface area contributed by atoms with E-state index in [0.29, 0.717) is 48.4 Å². The summed E-state index contributed by atoms with van der Waals surface area (Å²) in [5, 5.41) is 20.2. The van der Waals surface area contributed by atoms with Crippen LogP contribution in [0.5, 0.6) is 5.75 Å². The summed E-state index contributed by atoms with van der Waals surface area (Å²) in [4.78, 5) is 28.1. The van der Waals surface area contributed by atoms with E-state index in [-0.39, 0.29) is 6.54 Å². The number of aliphatic carboxylic acids is 2. The number of aryl methyl sites for hydroxylation is 2. The third-order valence-electron chi connectivity index (χ3n) is 6.33. The molecule has 1 saturated heterocycles. The first-order chi connectivity index (χ1) is 15.8. The van der Waals surface area contributed by atoms with Gasteiger partial charge in [0, 0.05) is 54.5 Å². The molecule has 3 aromatic rings. The summed E-state index contributed by atoms with van der Waals surface area (Å²) in [6.07, 6.45) is 1.66. The highest BCUT2D eigenvalue weighted by atomic mass is 16.5. The molecular formula is C25H29N3O5. The standard InChI is InChI=1S/C25H29N3O5/c1-16-4-6-21(17(2)12-16)26-8-10-27(11-9-26)24(25(31)32)20-14-28(15-23(29)30)22-7-5-18(33-3)13-19(20)22/h4-7,12-14,24H,8-11,15H2,1-3H3,(H,29,30)(H,31,32)/t24-/m1/s1. The number of piperazine rings is 1. The van der Waals surface area contributed by atoms with E-state index in [1.54, 1.807) is 36.1 Å². The SMILES string of the molecule is COc1ccc2c(c1)c([C@H](C(=O)O)N1CCN(c3ccc(C)cc3C)CC1)cn2CC(=O)O. The molecule has 33 heavy (non-hydrogen) atoms. The van der Waals surface area contributed by atoms with Gasteiger partial charge in [-0.2, -0.15) is 0 Å². The van der Waals surface area contributed by atoms with Crippen LogP contribution in [0.25, 0.3) is 10.9 Å². The molecule has 0 spiro atoms. The average molecular weight is 452 g/mol. The van der Waals surface area contributed by atoms with Crippen LogP contribution in [0.1, 0.15) is 22.7 Å². The van der Waals surface area contributed by atoms with Gasteiger partial charge < -0.3 is 24.4 Å². The molecule has 0 aliphatic carbocycles. The highest BCUT2D eigenvalue weighted by Gasteiger charge is 2.33. The Morgan fingerprint density at radius 1 is 1.03 bits per heavy atom. The van der Waals surface area contributed by atoms with Crippen molar-refractivity contribution in [3.8, 4) is 5.75 Å². The van der Waals surface area contributed by atoms with Crippen molar-refractivity contribution in [2.24, 2.45) is 0 Å². The van der Waals surface area contributed by atoms with Crippen LogP contribution >= 0.6 is 0 Å². The molecule has 0 saturated carbocycles. The Morgan fingerprint density at radius 2 is 1.76 bits per heavy atom. The minimum absolute atomic E-state index is 0.240. The van der Waals surface area contributed by atoms with Crippen LogP contribution in [0.2, 0.25) is 0 Å². The Kier molecular flexibility index (Phi) is 6.29. The van der Waals surface area contributed by atoms with Crippen molar-refractivity contribution in [1.29, 1.82) is 0 Å². The number of carbonyl (C=O) groups is 2. The number of fused-ring (bicyclic) bond motifs is 1. The zero-order valence-corrected chi connectivity index (χ0v) is 19.1. The van der Waals surface area contributed by atoms with E-state index in [2.05, 4.69) is 36.9 Å². The van der Waals surface area contributed by atoms with Crippen LogP contribution in [0.15, 0.2) is 42.6 Å². The molecule has 4 rings (SSSR count). The van der Waals surface area contributed by atoms with Crippen LogP contribution < -0.4 is 9.64 Å². The molecular weight excluding hydrogens is 422 g/mol. The van der Waals surface area contributed by atoms with Crippen LogP contribution in [-0.4, -0.2) is 64.9 Å². The van der Waals surface area contributed by atoms with Crippen molar-refractivity contribution in [1.82, 2.24) is 9.47 Å². The second-order valence-corrected chi connectivity index (χ2v) is 8.54. The monoisotopic (exact) mass is 451 g/mol. The lowest BCUT2D eigenvalue weighted by Crippen LogP contribution is -2.49. The molecule has 2 aromatic carbocycles. The van der Waals surface area contributed by atoms with Crippen LogP contribution in [-0.2, 0) is 16.1 Å². The van der Waals surface area contributed by atoms with Crippen LogP contribution in [0.3, 0.4) is 0 Å². The fraction of sp³-hybridized carbons (Fsp3) is 0.360. The van der Waals surface area contributed by atoms with Gasteiger partial charge in [0.1, 0.15) is 18.3 Å². The van der Waals surface area contributed by atoms with Crippen molar-refractivity contribution in [2.45, 2.75) is 26.4 Å². The number of methoxy groups -OCH3 is 1. The number of ether oxygens (including phenoxy) is 1. The van der Waals surface area contributed by atoms with Gasteiger partial charge >= 0.3 is 11.9 Å². The number of aromatic nitrogens is 1. The van der Waals surface area contributed by atoms with Gasteiger partial charge in [-0.1, -0.05) is 17.7 Å². The van der Waals surface area contributed by atoms with Gasteiger partial charge in [-0.3, -0.25) is 14.5 Å². The minimum atomic E-state index is -0.983. The third kappa shape index (κ3) is 4.52. The van der Waals surface area contributed by atoms with Crippen molar-refractivity contribution in [2.75, 3.05) is 38.2 Å². The van der Waals surface area contributed by atoms with E-state index >= 15 is 0 Å². The second kappa shape index (κ2) is 9.15. The lowest BCUT2D eigenvalue weighted by Gasteiger charge is -2.39. The summed E-state index contributed by atoms with van der Waals surface area (Å²) in [7, 11) is 1.55. The van der Waals surface area contributed by atoms with Gasteiger partial charge in [0.05, 0.1) is 7.11 Å². The molecule has 0 amide bonds. The topological polar surface area (TPSA) is 95.2 Å². The summed E-state index contributed by atoms with van der Waals surface area (Å²) in [5.74, 6) is -1.34. The predicted molar refractivity (Wildman–Crippen MR) is 126 cm³/mol. The molecule has 0 unspecified atom stereocenters. The van der Waals surface area contributed by atoms with Crippen LogP contribution in [0.4, 0.5) is 5.69 Å². The van der Waals surface area contributed by atoms with Crippen molar-refractivity contribution < 1.29 is 24.5 Å². The van der Waals surface area contributed by atoms with Crippen molar-refractivity contribution in [3.63, 3.8) is 0 Å². The number of anilines is 1. The lowest BCUT2D eigenvalue weighted by molar-refractivity contribution is -0.143. The van der Waals surface area contributed by atoms with E-state index in [0.717, 1.165) is 0 Å². The molecule has 1 aliphatic heterocycles. The maximum absolute atomic E-state index is 12.5. The fourth-order valence-corrected chi connectivity index (χ4v) is 4.79. The lowest BCUT2D eigenvalue weighted by atomic mass is 10.0. The van der Waals surface area contributed by atoms with E-state index < -0.39 is 18.0 Å². The zero-order chi connectivity index (χ0) is 23.7. The molecule has 174 valence electrons. The van der Waals surface area contributed by atoms with Gasteiger partial charge in [0.15, 0.2) is 0 Å². The second-order valence-electron chi connectivity index (χ2n) is 8.54. The van der Waals surface area contributed by atoms with Gasteiger partial charge in [-0.05, 0) is 43.7 Å². The van der Waals surface area contributed by atoms with Gasteiger partial charge in [-0.15, -0.1) is 0 Å². The Balaban J connectivity index is 1.65. The molecule has 8 nitrogen and oxygen atoms in total. The minimum Gasteiger partial charge on any atom is -0.497 e. The fourth-order valence-electron chi connectivity index (χ4n) is 4.79. The molecule has 0 bridgehead atoms. The molecule has 2 heterocycles. The number of nitrogens with zero attached hydrogens (tertiary/aromatic N) is 3. The molecule has 1 aliphatic rings. The molecule has 1 aromatic heterocycles. The molecule has 8 heteroatoms.